The van der Waals surface area contributed by atoms with Crippen LogP contribution in [0.1, 0.15) is 10.4 Å². The largest absolute Gasteiger partial charge is 0.367 e. The summed E-state index contributed by atoms with van der Waals surface area (Å²) < 4.78 is 0. The summed E-state index contributed by atoms with van der Waals surface area (Å²) in [4.78, 5) is 11.3. The molecule has 0 unspecified atom stereocenters. The summed E-state index contributed by atoms with van der Waals surface area (Å²) in [5, 5.41) is 3.12. The quantitative estimate of drug-likeness (QED) is 0.201. The number of guanidine groups is 1. The topological polar surface area (TPSA) is 106 Å². The van der Waals surface area contributed by atoms with Crippen molar-refractivity contribution in [3.63, 3.8) is 0 Å². The number of benzene rings is 1. The molecule has 0 aliphatic heterocycles. The van der Waals surface area contributed by atoms with E-state index >= 15 is 0 Å². The number of hydrogen-bond donors (Lipinski definition) is 4. The van der Waals surface area contributed by atoms with E-state index in [1.807, 2.05) is 6.07 Å². The summed E-state index contributed by atoms with van der Waals surface area (Å²) in [5.74, 6) is 4.48. The smallest absolute Gasteiger partial charge is 0.269 e. The van der Waals surface area contributed by atoms with Gasteiger partial charge in [0.2, 0.25) is 5.96 Å². The van der Waals surface area contributed by atoms with Gasteiger partial charge in [0.1, 0.15) is 0 Å². The molecule has 0 heterocycles. The Kier molecular flexibility index (Phi) is 3.31. The maximum atomic E-state index is 11.3. The number of nitrogens with one attached hydrogen (secondary N) is 2. The molecule has 6 nitrogen and oxygen atoms in total. The average Bonchev–Trinajstić information content (AvgIpc) is 2.26. The molecule has 74 valence electrons. The Morgan fingerprint density at radius 2 is 1.86 bits per heavy atom. The van der Waals surface area contributed by atoms with E-state index in [2.05, 4.69) is 16.0 Å². The van der Waals surface area contributed by atoms with E-state index in [1.165, 1.54) is 0 Å². The molecule has 0 aliphatic rings. The molecule has 6 heteroatoms. The van der Waals surface area contributed by atoms with Gasteiger partial charge in [-0.3, -0.25) is 15.6 Å². The molecule has 0 bridgehead atoms. The molecular weight excluding hydrogens is 182 g/mol. The Hall–Kier alpha value is -2.24. The van der Waals surface area contributed by atoms with Gasteiger partial charge in [0, 0.05) is 5.56 Å². The summed E-state index contributed by atoms with van der Waals surface area (Å²) in [6, 6.07) is 8.68. The molecule has 1 aromatic rings. The minimum Gasteiger partial charge on any atom is -0.367 e. The van der Waals surface area contributed by atoms with E-state index < -0.39 is 0 Å². The molecule has 6 N–H and O–H groups in total. The van der Waals surface area contributed by atoms with Crippen molar-refractivity contribution in [1.82, 2.24) is 10.9 Å². The first-order valence-corrected chi connectivity index (χ1v) is 3.89. The third kappa shape index (κ3) is 2.67. The van der Waals surface area contributed by atoms with Crippen LogP contribution in [0.5, 0.6) is 0 Å². The number of hydrogen-bond acceptors (Lipinski definition) is 3. The van der Waals surface area contributed by atoms with E-state index in [4.69, 9.17) is 11.6 Å². The van der Waals surface area contributed by atoms with Crippen LogP contribution in [-0.2, 0) is 0 Å². The van der Waals surface area contributed by atoms with Crippen LogP contribution in [0.2, 0.25) is 0 Å². The number of hydrazine groups is 1. The van der Waals surface area contributed by atoms with E-state index in [9.17, 15) is 4.79 Å². The number of carbonyl (C=O) groups is 1. The highest BCUT2D eigenvalue weighted by molar-refractivity contribution is 5.95. The number of amides is 1. The van der Waals surface area contributed by atoms with Crippen molar-refractivity contribution in [2.45, 2.75) is 0 Å². The summed E-state index contributed by atoms with van der Waals surface area (Å²) in [6.45, 7) is 0. The van der Waals surface area contributed by atoms with Crippen LogP contribution < -0.4 is 22.4 Å². The maximum absolute atomic E-state index is 11.3. The molecular formula is C8H11N5O. The fourth-order valence-corrected chi connectivity index (χ4v) is 0.815. The van der Waals surface area contributed by atoms with Crippen LogP contribution in [-0.4, -0.2) is 11.9 Å². The maximum Gasteiger partial charge on any atom is 0.269 e. The van der Waals surface area contributed by atoms with Crippen LogP contribution in [0.25, 0.3) is 0 Å². The first kappa shape index (κ1) is 9.85. The molecule has 1 aromatic carbocycles. The number of hydrazone groups is 1. The molecule has 1 rings (SSSR count). The zero-order chi connectivity index (χ0) is 10.4. The first-order valence-electron chi connectivity index (χ1n) is 3.89. The van der Waals surface area contributed by atoms with E-state index in [0.717, 1.165) is 0 Å². The zero-order valence-electron chi connectivity index (χ0n) is 7.40. The van der Waals surface area contributed by atoms with Gasteiger partial charge in [-0.05, 0) is 12.1 Å². The van der Waals surface area contributed by atoms with Crippen molar-refractivity contribution >= 4 is 11.9 Å². The minimum atomic E-state index is -0.308. The van der Waals surface area contributed by atoms with E-state index in [1.54, 1.807) is 24.3 Å². The molecule has 1 amide bonds. The van der Waals surface area contributed by atoms with Gasteiger partial charge in [-0.1, -0.05) is 18.2 Å². The highest BCUT2D eigenvalue weighted by atomic mass is 16.2. The van der Waals surface area contributed by atoms with Crippen molar-refractivity contribution in [3.8, 4) is 0 Å². The molecule has 0 saturated heterocycles. The monoisotopic (exact) mass is 193 g/mol. The fraction of sp³-hybridized carbons (Fsp3) is 0. The second-order valence-electron chi connectivity index (χ2n) is 2.46. The molecule has 0 atom stereocenters. The molecule has 14 heavy (non-hydrogen) atoms. The Morgan fingerprint density at radius 1 is 1.21 bits per heavy atom. The first-order chi connectivity index (χ1) is 6.74. The van der Waals surface area contributed by atoms with Crippen molar-refractivity contribution in [1.29, 1.82) is 0 Å². The summed E-state index contributed by atoms with van der Waals surface area (Å²) >= 11 is 0. The van der Waals surface area contributed by atoms with Gasteiger partial charge in [-0.2, -0.15) is 0 Å². The third-order valence-electron chi connectivity index (χ3n) is 1.48. The molecule has 0 aliphatic carbocycles. The van der Waals surface area contributed by atoms with Crippen molar-refractivity contribution < 1.29 is 4.79 Å². The lowest BCUT2D eigenvalue weighted by atomic mass is 10.2. The van der Waals surface area contributed by atoms with Crippen LogP contribution in [0.15, 0.2) is 35.4 Å². The second-order valence-corrected chi connectivity index (χ2v) is 2.46. The molecule has 0 radical (unpaired) electrons. The Balaban J connectivity index is 2.52. The fourth-order valence-electron chi connectivity index (χ4n) is 0.815. The highest BCUT2D eigenvalue weighted by Crippen LogP contribution is 1.96. The van der Waals surface area contributed by atoms with Gasteiger partial charge >= 0.3 is 0 Å². The van der Waals surface area contributed by atoms with Crippen molar-refractivity contribution in [3.05, 3.63) is 35.9 Å². The molecule has 0 aromatic heterocycles. The van der Waals surface area contributed by atoms with E-state index in [0.29, 0.717) is 5.56 Å². The van der Waals surface area contributed by atoms with Crippen LogP contribution >= 0.6 is 0 Å². The number of nitrogens with zero attached hydrogens (tertiary/aromatic N) is 1. The van der Waals surface area contributed by atoms with Crippen molar-refractivity contribution in [2.24, 2.45) is 16.7 Å². The lowest BCUT2D eigenvalue weighted by Crippen LogP contribution is -2.46. The summed E-state index contributed by atoms with van der Waals surface area (Å²) in [6.07, 6.45) is 0. The highest BCUT2D eigenvalue weighted by Gasteiger charge is 2.02. The minimum absolute atomic E-state index is 0.0609. The normalized spacial score (nSPS) is 10.7. The number of rotatable bonds is 1. The van der Waals surface area contributed by atoms with Gasteiger partial charge in [-0.15, -0.1) is 5.10 Å². The van der Waals surface area contributed by atoms with Gasteiger partial charge in [0.15, 0.2) is 0 Å². The zero-order valence-corrected chi connectivity index (χ0v) is 7.40. The Morgan fingerprint density at radius 3 is 2.43 bits per heavy atom. The summed E-state index contributed by atoms with van der Waals surface area (Å²) in [5.41, 5.74) is 10.4. The molecule has 0 saturated carbocycles. The van der Waals surface area contributed by atoms with Gasteiger partial charge in [0.05, 0.1) is 0 Å². The van der Waals surface area contributed by atoms with Crippen LogP contribution in [0.4, 0.5) is 0 Å². The van der Waals surface area contributed by atoms with Crippen LogP contribution in [0, 0.1) is 0 Å². The number of nitrogens with two attached hydrogens (primary N) is 2. The van der Waals surface area contributed by atoms with Crippen molar-refractivity contribution in [2.75, 3.05) is 0 Å². The second kappa shape index (κ2) is 4.70. The summed E-state index contributed by atoms with van der Waals surface area (Å²) in [7, 11) is 0. The molecule has 0 fully saturated rings. The predicted molar refractivity (Wildman–Crippen MR) is 52.9 cm³/mol. The van der Waals surface area contributed by atoms with Crippen LogP contribution in [0.3, 0.4) is 0 Å². The average molecular weight is 193 g/mol. The third-order valence-corrected chi connectivity index (χ3v) is 1.48. The Labute approximate surface area is 80.9 Å². The van der Waals surface area contributed by atoms with Gasteiger partial charge in [-0.25, -0.2) is 0 Å². The number of carbonyl (C=O) groups excluding carboxylic acids is 1. The lowest BCUT2D eigenvalue weighted by molar-refractivity contribution is 0.0943. The predicted octanol–water partition coefficient (Wildman–Crippen LogP) is -0.891. The Bertz CT molecular complexity index is 335. The standard InChI is InChI=1S/C8H11N5O/c9-8(11-10)13-12-7(14)6-4-2-1-3-5-6/h1-5H,10H2,(H,12,14)(H3,9,11,13). The lowest BCUT2D eigenvalue weighted by Gasteiger charge is -2.05. The van der Waals surface area contributed by atoms with E-state index in [-0.39, 0.29) is 11.9 Å². The SMILES string of the molecule is N/N=C(\N)NNC(=O)c1ccccc1. The molecule has 0 spiro atoms. The van der Waals surface area contributed by atoms with Gasteiger partial charge in [0.25, 0.3) is 5.91 Å². The van der Waals surface area contributed by atoms with Gasteiger partial charge < -0.3 is 11.6 Å².